The smallest absolute Gasteiger partial charge is 0.240 e. The lowest BCUT2D eigenvalue weighted by molar-refractivity contribution is -0.140. The quantitative estimate of drug-likeness (QED) is 0.175. The number of nitrogens with two attached hydrogens (primary N) is 3. The van der Waals surface area contributed by atoms with Gasteiger partial charge in [-0.25, -0.2) is 0 Å². The SMILES string of the molecule is CC(C)C[C@@H]1CN(C(=O)[C@H](N)Cc2ccc(Cl)cc2Cl)[C@@H](CCCN=C(N)N)CN1CCC1C=Cc2ccccc2C1. The summed E-state index contributed by atoms with van der Waals surface area (Å²) < 4.78 is 0. The van der Waals surface area contributed by atoms with E-state index in [9.17, 15) is 4.79 Å². The Hall–Kier alpha value is -2.58. The number of hydrogen-bond acceptors (Lipinski definition) is 4. The molecule has 0 saturated carbocycles. The van der Waals surface area contributed by atoms with Crippen LogP contribution >= 0.6 is 23.2 Å². The van der Waals surface area contributed by atoms with E-state index in [2.05, 4.69) is 60.2 Å². The van der Waals surface area contributed by atoms with Gasteiger partial charge in [0.2, 0.25) is 5.91 Å². The van der Waals surface area contributed by atoms with Crippen molar-refractivity contribution >= 4 is 41.1 Å². The minimum atomic E-state index is -0.692. The number of carbonyl (C=O) groups is 1. The molecule has 1 amide bonds. The maximum atomic E-state index is 13.9. The number of allylic oxidation sites excluding steroid dienone is 1. The molecule has 1 aliphatic heterocycles. The molecule has 0 spiro atoms. The minimum Gasteiger partial charge on any atom is -0.370 e. The third kappa shape index (κ3) is 8.96. The van der Waals surface area contributed by atoms with Crippen molar-refractivity contribution in [3.63, 3.8) is 0 Å². The van der Waals surface area contributed by atoms with E-state index in [0.717, 1.165) is 50.8 Å². The van der Waals surface area contributed by atoms with Crippen molar-refractivity contribution in [2.24, 2.45) is 34.0 Å². The molecule has 4 atom stereocenters. The number of aliphatic imine (C=N–C) groups is 1. The molecule has 1 heterocycles. The summed E-state index contributed by atoms with van der Waals surface area (Å²) in [6.45, 7) is 7.51. The Bertz CT molecular complexity index is 1260. The summed E-state index contributed by atoms with van der Waals surface area (Å²) in [4.78, 5) is 22.8. The Balaban J connectivity index is 1.48. The molecule has 2 aromatic rings. The molecule has 2 aromatic carbocycles. The molecule has 2 aliphatic rings. The Morgan fingerprint density at radius 2 is 1.86 bits per heavy atom. The number of halogens is 2. The van der Waals surface area contributed by atoms with E-state index in [1.165, 1.54) is 11.1 Å². The van der Waals surface area contributed by atoms with Gasteiger partial charge in [0.05, 0.1) is 6.04 Å². The third-order valence-electron chi connectivity index (χ3n) is 8.47. The zero-order valence-corrected chi connectivity index (χ0v) is 26.4. The van der Waals surface area contributed by atoms with Gasteiger partial charge in [-0.05, 0) is 85.7 Å². The average Bonchev–Trinajstić information content (AvgIpc) is 2.95. The second kappa shape index (κ2) is 15.2. The first-order chi connectivity index (χ1) is 20.1. The second-order valence-electron chi connectivity index (χ2n) is 12.2. The molecule has 4 rings (SSSR count). The molecule has 1 fully saturated rings. The average molecular weight is 614 g/mol. The van der Waals surface area contributed by atoms with E-state index >= 15 is 0 Å². The van der Waals surface area contributed by atoms with Gasteiger partial charge < -0.3 is 22.1 Å². The van der Waals surface area contributed by atoms with Crippen LogP contribution in [0.5, 0.6) is 0 Å². The van der Waals surface area contributed by atoms with E-state index in [4.69, 9.17) is 40.4 Å². The number of guanidine groups is 1. The van der Waals surface area contributed by atoms with Crippen LogP contribution in [0.1, 0.15) is 56.2 Å². The molecule has 0 radical (unpaired) electrons. The Morgan fingerprint density at radius 3 is 2.60 bits per heavy atom. The van der Waals surface area contributed by atoms with Crippen LogP contribution in [0.3, 0.4) is 0 Å². The van der Waals surface area contributed by atoms with Crippen LogP contribution in [0, 0.1) is 11.8 Å². The van der Waals surface area contributed by atoms with Crippen LogP contribution in [0.4, 0.5) is 0 Å². The van der Waals surface area contributed by atoms with Gasteiger partial charge in [0.15, 0.2) is 5.96 Å². The zero-order chi connectivity index (χ0) is 30.2. The highest BCUT2D eigenvalue weighted by Gasteiger charge is 2.38. The number of hydrogen-bond donors (Lipinski definition) is 3. The predicted octanol–water partition coefficient (Wildman–Crippen LogP) is 5.12. The molecule has 1 aliphatic carbocycles. The largest absolute Gasteiger partial charge is 0.370 e. The van der Waals surface area contributed by atoms with Gasteiger partial charge in [-0.1, -0.05) is 79.5 Å². The molecule has 9 heteroatoms. The van der Waals surface area contributed by atoms with Crippen LogP contribution in [0.2, 0.25) is 10.0 Å². The standard InChI is InChI=1S/C33H46Cl2N6O/c1-22(2)16-29-21-41(32(42)31(36)18-26-11-12-27(34)19-30(26)35)28(8-5-14-39-33(37)38)20-40(29)15-13-23-9-10-24-6-3-4-7-25(24)17-23/h3-4,6-7,9-12,19,22-23,28-29,31H,5,8,13-18,20-21,36H2,1-2H3,(H4,37,38,39)/t23?,28-,29+,31+/m0/s1. The summed E-state index contributed by atoms with van der Waals surface area (Å²) in [5.41, 5.74) is 21.3. The summed E-state index contributed by atoms with van der Waals surface area (Å²) in [7, 11) is 0. The molecule has 0 bridgehead atoms. The first-order valence-corrected chi connectivity index (χ1v) is 15.9. The van der Waals surface area contributed by atoms with Crippen molar-refractivity contribution < 1.29 is 4.79 Å². The number of fused-ring (bicyclic) bond motifs is 1. The fourth-order valence-electron chi connectivity index (χ4n) is 6.33. The fraction of sp³-hybridized carbons (Fsp3) is 0.515. The number of rotatable bonds is 12. The summed E-state index contributed by atoms with van der Waals surface area (Å²) in [5, 5.41) is 1.09. The fourth-order valence-corrected chi connectivity index (χ4v) is 6.82. The van der Waals surface area contributed by atoms with Crippen LogP contribution in [0.25, 0.3) is 6.08 Å². The van der Waals surface area contributed by atoms with Gasteiger partial charge in [0.25, 0.3) is 0 Å². The van der Waals surface area contributed by atoms with Crippen LogP contribution < -0.4 is 17.2 Å². The first-order valence-electron chi connectivity index (χ1n) is 15.2. The van der Waals surface area contributed by atoms with Crippen molar-refractivity contribution in [1.82, 2.24) is 9.80 Å². The lowest BCUT2D eigenvalue weighted by Crippen LogP contribution is -2.62. The van der Waals surface area contributed by atoms with E-state index in [-0.39, 0.29) is 24.0 Å². The lowest BCUT2D eigenvalue weighted by atomic mass is 9.87. The van der Waals surface area contributed by atoms with E-state index in [1.807, 2.05) is 11.0 Å². The number of carbonyl (C=O) groups excluding carboxylic acids is 1. The second-order valence-corrected chi connectivity index (χ2v) is 13.1. The maximum Gasteiger partial charge on any atom is 0.240 e. The topological polar surface area (TPSA) is 114 Å². The molecular weight excluding hydrogens is 567 g/mol. The van der Waals surface area contributed by atoms with Crippen LogP contribution in [-0.4, -0.2) is 66.0 Å². The zero-order valence-electron chi connectivity index (χ0n) is 24.9. The molecular formula is C33H46Cl2N6O. The van der Waals surface area contributed by atoms with Gasteiger partial charge in [0, 0.05) is 41.8 Å². The van der Waals surface area contributed by atoms with Gasteiger partial charge in [-0.3, -0.25) is 14.7 Å². The third-order valence-corrected chi connectivity index (χ3v) is 9.06. The summed E-state index contributed by atoms with van der Waals surface area (Å²) in [6.07, 6.45) is 9.77. The van der Waals surface area contributed by atoms with Gasteiger partial charge in [-0.15, -0.1) is 0 Å². The summed E-state index contributed by atoms with van der Waals surface area (Å²) in [6, 6.07) is 13.6. The Kier molecular flexibility index (Phi) is 11.7. The van der Waals surface area contributed by atoms with Gasteiger partial charge in [0.1, 0.15) is 0 Å². The van der Waals surface area contributed by atoms with E-state index in [0.29, 0.717) is 41.4 Å². The van der Waals surface area contributed by atoms with Gasteiger partial charge in [-0.2, -0.15) is 0 Å². The van der Waals surface area contributed by atoms with Crippen LogP contribution in [-0.2, 0) is 17.6 Å². The predicted molar refractivity (Wildman–Crippen MR) is 176 cm³/mol. The normalized spacial score (nSPS) is 21.3. The Labute approximate surface area is 261 Å². The van der Waals surface area contributed by atoms with Gasteiger partial charge >= 0.3 is 0 Å². The number of nitrogens with zero attached hydrogens (tertiary/aromatic N) is 3. The molecule has 1 saturated heterocycles. The van der Waals surface area contributed by atoms with Crippen molar-refractivity contribution in [3.8, 4) is 0 Å². The maximum absolute atomic E-state index is 13.9. The molecule has 7 nitrogen and oxygen atoms in total. The van der Waals surface area contributed by atoms with Crippen LogP contribution in [0.15, 0.2) is 53.5 Å². The number of piperazine rings is 1. The molecule has 228 valence electrons. The van der Waals surface area contributed by atoms with E-state index < -0.39 is 6.04 Å². The van der Waals surface area contributed by atoms with Crippen molar-refractivity contribution in [1.29, 1.82) is 0 Å². The summed E-state index contributed by atoms with van der Waals surface area (Å²) in [5.74, 6) is 1.08. The van der Waals surface area contributed by atoms with Crippen molar-refractivity contribution in [3.05, 3.63) is 75.3 Å². The summed E-state index contributed by atoms with van der Waals surface area (Å²) >= 11 is 12.5. The highest BCUT2D eigenvalue weighted by Crippen LogP contribution is 2.29. The number of benzene rings is 2. The lowest BCUT2D eigenvalue weighted by Gasteiger charge is -2.48. The monoisotopic (exact) mass is 612 g/mol. The highest BCUT2D eigenvalue weighted by atomic mass is 35.5. The molecule has 1 unspecified atom stereocenters. The van der Waals surface area contributed by atoms with E-state index in [1.54, 1.807) is 12.1 Å². The highest BCUT2D eigenvalue weighted by molar-refractivity contribution is 6.35. The number of amides is 1. The molecule has 0 aromatic heterocycles. The first kappa shape index (κ1) is 32.3. The minimum absolute atomic E-state index is 0.0319. The van der Waals surface area contributed by atoms with Crippen molar-refractivity contribution in [2.45, 2.75) is 70.5 Å². The molecule has 6 N–H and O–H groups in total. The Morgan fingerprint density at radius 1 is 1.07 bits per heavy atom. The van der Waals surface area contributed by atoms with Crippen molar-refractivity contribution in [2.75, 3.05) is 26.2 Å². The molecule has 42 heavy (non-hydrogen) atoms.